The lowest BCUT2D eigenvalue weighted by Gasteiger charge is -2.05. The molecule has 0 fully saturated rings. The van der Waals surface area contributed by atoms with Crippen molar-refractivity contribution in [2.75, 3.05) is 12.4 Å². The molecule has 0 aliphatic rings. The summed E-state index contributed by atoms with van der Waals surface area (Å²) >= 11 is 5.43. The van der Waals surface area contributed by atoms with Crippen LogP contribution in [0, 0.1) is 0 Å². The van der Waals surface area contributed by atoms with E-state index in [2.05, 4.69) is 9.82 Å². The van der Waals surface area contributed by atoms with Crippen molar-refractivity contribution in [1.82, 2.24) is 14.5 Å². The highest BCUT2D eigenvalue weighted by Crippen LogP contribution is 2.05. The van der Waals surface area contributed by atoms with Crippen LogP contribution in [-0.2, 0) is 17.1 Å². The number of halogens is 1. The van der Waals surface area contributed by atoms with E-state index in [1.54, 1.807) is 7.05 Å². The van der Waals surface area contributed by atoms with Crippen LogP contribution in [-0.4, -0.2) is 30.6 Å². The third-order valence-corrected chi connectivity index (χ3v) is 3.46. The standard InChI is InChI=1S/C7H12ClN3O2S/c1-11-7(3-6-9-11)14(12,13)10-5-2-4-8/h3,6,10H,2,4-5H2,1H3. The van der Waals surface area contributed by atoms with E-state index in [1.807, 2.05) is 0 Å². The Morgan fingerprint density at radius 3 is 2.86 bits per heavy atom. The molecule has 0 saturated heterocycles. The summed E-state index contributed by atoms with van der Waals surface area (Å²) in [7, 11) is -1.85. The van der Waals surface area contributed by atoms with Gasteiger partial charge in [0.2, 0.25) is 0 Å². The van der Waals surface area contributed by atoms with Crippen LogP contribution < -0.4 is 4.72 Å². The van der Waals surface area contributed by atoms with Gasteiger partial charge in [-0.25, -0.2) is 13.1 Å². The zero-order valence-electron chi connectivity index (χ0n) is 7.77. The third-order valence-electron chi connectivity index (χ3n) is 1.65. The zero-order chi connectivity index (χ0) is 10.6. The lowest BCUT2D eigenvalue weighted by molar-refractivity contribution is 0.562. The van der Waals surface area contributed by atoms with Gasteiger partial charge in [-0.05, 0) is 12.5 Å². The predicted octanol–water partition coefficient (Wildman–Crippen LogP) is 0.327. The first-order valence-corrected chi connectivity index (χ1v) is 6.13. The van der Waals surface area contributed by atoms with Crippen LogP contribution in [0.5, 0.6) is 0 Å². The van der Waals surface area contributed by atoms with Crippen molar-refractivity contribution in [3.8, 4) is 0 Å². The van der Waals surface area contributed by atoms with Crippen molar-refractivity contribution in [2.45, 2.75) is 11.4 Å². The molecule has 0 aliphatic carbocycles. The Labute approximate surface area is 88.1 Å². The summed E-state index contributed by atoms with van der Waals surface area (Å²) in [4.78, 5) is 0. The summed E-state index contributed by atoms with van der Waals surface area (Å²) in [5, 5.41) is 3.94. The fourth-order valence-electron chi connectivity index (χ4n) is 0.973. The van der Waals surface area contributed by atoms with Crippen LogP contribution in [0.2, 0.25) is 0 Å². The molecule has 0 amide bonds. The molecule has 0 saturated carbocycles. The lowest BCUT2D eigenvalue weighted by atomic mass is 10.5. The summed E-state index contributed by atoms with van der Waals surface area (Å²) in [6.45, 7) is 0.344. The third kappa shape index (κ3) is 2.70. The summed E-state index contributed by atoms with van der Waals surface area (Å²) in [5.74, 6) is 0.438. The van der Waals surface area contributed by atoms with Gasteiger partial charge in [-0.3, -0.25) is 4.68 Å². The molecule has 0 unspecified atom stereocenters. The highest BCUT2D eigenvalue weighted by Gasteiger charge is 2.16. The van der Waals surface area contributed by atoms with Crippen LogP contribution in [0.4, 0.5) is 0 Å². The Morgan fingerprint density at radius 2 is 2.36 bits per heavy atom. The van der Waals surface area contributed by atoms with Crippen LogP contribution in [0.15, 0.2) is 17.3 Å². The Hall–Kier alpha value is -0.590. The average molecular weight is 238 g/mol. The molecule has 5 nitrogen and oxygen atoms in total. The van der Waals surface area contributed by atoms with Crippen LogP contribution in [0.1, 0.15) is 6.42 Å². The number of sulfonamides is 1. The second-order valence-electron chi connectivity index (χ2n) is 2.73. The molecule has 0 radical (unpaired) electrons. The van der Waals surface area contributed by atoms with E-state index in [0.717, 1.165) is 0 Å². The molecular weight excluding hydrogens is 226 g/mol. The Kier molecular flexibility index (Phi) is 3.91. The number of rotatable bonds is 5. The van der Waals surface area contributed by atoms with Crippen molar-refractivity contribution in [1.29, 1.82) is 0 Å². The molecule has 0 spiro atoms. The molecular formula is C7H12ClN3O2S. The first-order chi connectivity index (χ1) is 6.58. The Bertz CT molecular complexity index is 387. The maximum atomic E-state index is 11.6. The van der Waals surface area contributed by atoms with E-state index in [4.69, 9.17) is 11.6 Å². The van der Waals surface area contributed by atoms with Gasteiger partial charge in [-0.2, -0.15) is 5.10 Å². The van der Waals surface area contributed by atoms with Crippen molar-refractivity contribution >= 4 is 21.6 Å². The van der Waals surface area contributed by atoms with Gasteiger partial charge in [0.05, 0.1) is 6.20 Å². The van der Waals surface area contributed by atoms with Crippen LogP contribution >= 0.6 is 11.6 Å². The first-order valence-electron chi connectivity index (χ1n) is 4.11. The first kappa shape index (κ1) is 11.5. The molecule has 14 heavy (non-hydrogen) atoms. The number of aromatic nitrogens is 2. The number of aryl methyl sites for hydroxylation is 1. The van der Waals surface area contributed by atoms with E-state index >= 15 is 0 Å². The normalized spacial score (nSPS) is 11.9. The molecule has 0 aliphatic heterocycles. The fraction of sp³-hybridized carbons (Fsp3) is 0.571. The van der Waals surface area contributed by atoms with Gasteiger partial charge < -0.3 is 0 Å². The fourth-order valence-corrected chi connectivity index (χ4v) is 2.30. The molecule has 1 aromatic heterocycles. The summed E-state index contributed by atoms with van der Waals surface area (Å²) in [5.41, 5.74) is 0. The maximum absolute atomic E-state index is 11.6. The minimum atomic E-state index is -3.43. The van der Waals surface area contributed by atoms with Crippen molar-refractivity contribution in [3.05, 3.63) is 12.3 Å². The number of hydrogen-bond acceptors (Lipinski definition) is 3. The molecule has 1 heterocycles. The predicted molar refractivity (Wildman–Crippen MR) is 53.7 cm³/mol. The topological polar surface area (TPSA) is 64.0 Å². The van der Waals surface area contributed by atoms with Crippen molar-refractivity contribution < 1.29 is 8.42 Å². The number of nitrogens with zero attached hydrogens (tertiary/aromatic N) is 2. The Balaban J connectivity index is 2.72. The quantitative estimate of drug-likeness (QED) is 0.593. The van der Waals surface area contributed by atoms with Gasteiger partial charge in [0, 0.05) is 19.5 Å². The molecule has 0 atom stereocenters. The van der Waals surface area contributed by atoms with Crippen molar-refractivity contribution in [3.63, 3.8) is 0 Å². The van der Waals surface area contributed by atoms with Gasteiger partial charge in [-0.15, -0.1) is 11.6 Å². The number of alkyl halides is 1. The second-order valence-corrected chi connectivity index (χ2v) is 4.83. The molecule has 0 bridgehead atoms. The molecule has 1 N–H and O–H groups in total. The van der Waals surface area contributed by atoms with Crippen molar-refractivity contribution in [2.24, 2.45) is 7.05 Å². The van der Waals surface area contributed by atoms with Gasteiger partial charge in [-0.1, -0.05) is 0 Å². The number of hydrogen-bond donors (Lipinski definition) is 1. The van der Waals surface area contributed by atoms with Gasteiger partial charge in [0.15, 0.2) is 5.03 Å². The van der Waals surface area contributed by atoms with E-state index in [1.165, 1.54) is 16.9 Å². The second kappa shape index (κ2) is 4.77. The van der Waals surface area contributed by atoms with Crippen LogP contribution in [0.25, 0.3) is 0 Å². The summed E-state index contributed by atoms with van der Waals surface area (Å²) < 4.78 is 26.9. The van der Waals surface area contributed by atoms with E-state index in [-0.39, 0.29) is 5.03 Å². The van der Waals surface area contributed by atoms with Gasteiger partial charge >= 0.3 is 0 Å². The smallest absolute Gasteiger partial charge is 0.256 e. The van der Waals surface area contributed by atoms with E-state index in [0.29, 0.717) is 18.8 Å². The van der Waals surface area contributed by atoms with E-state index in [9.17, 15) is 8.42 Å². The molecule has 1 aromatic rings. The highest BCUT2D eigenvalue weighted by molar-refractivity contribution is 7.89. The SMILES string of the molecule is Cn1nccc1S(=O)(=O)NCCCCl. The van der Waals surface area contributed by atoms with E-state index < -0.39 is 10.0 Å². The Morgan fingerprint density at radius 1 is 1.64 bits per heavy atom. The van der Waals surface area contributed by atoms with Gasteiger partial charge in [0.25, 0.3) is 10.0 Å². The van der Waals surface area contributed by atoms with Gasteiger partial charge in [0.1, 0.15) is 0 Å². The largest absolute Gasteiger partial charge is 0.257 e. The van der Waals surface area contributed by atoms with Crippen LogP contribution in [0.3, 0.4) is 0 Å². The average Bonchev–Trinajstić information content (AvgIpc) is 2.52. The lowest BCUT2D eigenvalue weighted by Crippen LogP contribution is -2.26. The highest BCUT2D eigenvalue weighted by atomic mass is 35.5. The zero-order valence-corrected chi connectivity index (χ0v) is 9.35. The molecule has 7 heteroatoms. The minimum absolute atomic E-state index is 0.159. The molecule has 1 rings (SSSR count). The molecule has 0 aromatic carbocycles. The minimum Gasteiger partial charge on any atom is -0.256 e. The summed E-state index contributed by atoms with van der Waals surface area (Å²) in [6, 6.07) is 1.45. The monoisotopic (exact) mass is 237 g/mol. The maximum Gasteiger partial charge on any atom is 0.257 e. The number of nitrogens with one attached hydrogen (secondary N) is 1. The summed E-state index contributed by atoms with van der Waals surface area (Å²) in [6.07, 6.45) is 2.05. The molecule has 80 valence electrons.